The van der Waals surface area contributed by atoms with Crippen molar-refractivity contribution in [2.75, 3.05) is 7.11 Å². The first kappa shape index (κ1) is 12.9. The predicted octanol–water partition coefficient (Wildman–Crippen LogP) is 3.54. The predicted molar refractivity (Wildman–Crippen MR) is 71.0 cm³/mol. The summed E-state index contributed by atoms with van der Waals surface area (Å²) in [6.45, 7) is 0. The number of esters is 1. The van der Waals surface area contributed by atoms with Gasteiger partial charge in [-0.2, -0.15) is 0 Å². The standard InChI is InChI=1S/C12H12Br2O3/c1-16-12(15)11(7-2-3-7)17-10-5-4-8(13)6-9(10)14/h4-7,11H,2-3H2,1H3. The van der Waals surface area contributed by atoms with E-state index in [9.17, 15) is 4.79 Å². The number of carbonyl (C=O) groups is 1. The highest BCUT2D eigenvalue weighted by molar-refractivity contribution is 9.11. The summed E-state index contributed by atoms with van der Waals surface area (Å²) < 4.78 is 12.3. The minimum absolute atomic E-state index is 0.290. The second-order valence-corrected chi connectivity index (χ2v) is 5.74. The Hall–Kier alpha value is -0.550. The van der Waals surface area contributed by atoms with E-state index in [1.165, 1.54) is 7.11 Å². The van der Waals surface area contributed by atoms with Crippen molar-refractivity contribution in [3.63, 3.8) is 0 Å². The summed E-state index contributed by atoms with van der Waals surface area (Å²) in [6, 6.07) is 5.59. The zero-order chi connectivity index (χ0) is 12.4. The van der Waals surface area contributed by atoms with Crippen LogP contribution < -0.4 is 4.74 Å². The molecule has 1 aromatic rings. The van der Waals surface area contributed by atoms with Crippen LogP contribution in [-0.4, -0.2) is 19.2 Å². The number of halogens is 2. The van der Waals surface area contributed by atoms with Crippen LogP contribution in [0.2, 0.25) is 0 Å². The lowest BCUT2D eigenvalue weighted by Crippen LogP contribution is -2.30. The zero-order valence-corrected chi connectivity index (χ0v) is 12.5. The highest BCUT2D eigenvalue weighted by Gasteiger charge is 2.39. The molecular weight excluding hydrogens is 352 g/mol. The minimum atomic E-state index is -0.488. The Morgan fingerprint density at radius 3 is 2.65 bits per heavy atom. The van der Waals surface area contributed by atoms with Crippen molar-refractivity contribution in [3.05, 3.63) is 27.1 Å². The second kappa shape index (κ2) is 5.40. The van der Waals surface area contributed by atoms with Gasteiger partial charge in [0.15, 0.2) is 6.10 Å². The van der Waals surface area contributed by atoms with E-state index < -0.39 is 6.10 Å². The fourth-order valence-electron chi connectivity index (χ4n) is 1.56. The van der Waals surface area contributed by atoms with Gasteiger partial charge in [-0.15, -0.1) is 0 Å². The van der Waals surface area contributed by atoms with Crippen molar-refractivity contribution in [3.8, 4) is 5.75 Å². The molecule has 0 bridgehead atoms. The molecule has 1 saturated carbocycles. The molecule has 3 nitrogen and oxygen atoms in total. The molecule has 0 aliphatic heterocycles. The average molecular weight is 364 g/mol. The number of methoxy groups -OCH3 is 1. The molecule has 1 fully saturated rings. The Labute approximate surface area is 117 Å². The van der Waals surface area contributed by atoms with Gasteiger partial charge in [-0.25, -0.2) is 4.79 Å². The Morgan fingerprint density at radius 1 is 1.41 bits per heavy atom. The number of rotatable bonds is 4. The lowest BCUT2D eigenvalue weighted by molar-refractivity contribution is -0.149. The van der Waals surface area contributed by atoms with Gasteiger partial charge in [-0.3, -0.25) is 0 Å². The third-order valence-electron chi connectivity index (χ3n) is 2.63. The number of carbonyl (C=O) groups excluding carboxylic acids is 1. The summed E-state index contributed by atoms with van der Waals surface area (Å²) in [5.41, 5.74) is 0. The van der Waals surface area contributed by atoms with Crippen LogP contribution in [0.4, 0.5) is 0 Å². The van der Waals surface area contributed by atoms with E-state index in [4.69, 9.17) is 9.47 Å². The van der Waals surface area contributed by atoms with Crippen LogP contribution >= 0.6 is 31.9 Å². The Morgan fingerprint density at radius 2 is 2.12 bits per heavy atom. The van der Waals surface area contributed by atoms with Gasteiger partial charge >= 0.3 is 5.97 Å². The maximum absolute atomic E-state index is 11.6. The summed E-state index contributed by atoms with van der Waals surface area (Å²) in [6.07, 6.45) is 1.56. The van der Waals surface area contributed by atoms with Gasteiger partial charge in [0.2, 0.25) is 0 Å². The number of hydrogen-bond donors (Lipinski definition) is 0. The SMILES string of the molecule is COC(=O)C(Oc1ccc(Br)cc1Br)C1CC1. The van der Waals surface area contributed by atoms with Crippen molar-refractivity contribution in [1.29, 1.82) is 0 Å². The van der Waals surface area contributed by atoms with E-state index in [0.717, 1.165) is 21.8 Å². The Bertz CT molecular complexity index is 430. The molecule has 5 heteroatoms. The van der Waals surface area contributed by atoms with Crippen molar-refractivity contribution in [2.24, 2.45) is 5.92 Å². The molecule has 92 valence electrons. The first-order valence-electron chi connectivity index (χ1n) is 5.31. The van der Waals surface area contributed by atoms with Crippen LogP contribution in [-0.2, 0) is 9.53 Å². The summed E-state index contributed by atoms with van der Waals surface area (Å²) in [5, 5.41) is 0. The van der Waals surface area contributed by atoms with Crippen LogP contribution in [0.5, 0.6) is 5.75 Å². The van der Waals surface area contributed by atoms with Crippen LogP contribution in [0.15, 0.2) is 27.1 Å². The van der Waals surface area contributed by atoms with E-state index in [1.54, 1.807) is 0 Å². The molecule has 0 amide bonds. The largest absolute Gasteiger partial charge is 0.477 e. The summed E-state index contributed by atoms with van der Waals surface area (Å²) in [4.78, 5) is 11.6. The molecule has 1 aliphatic carbocycles. The van der Waals surface area contributed by atoms with Crippen LogP contribution in [0, 0.1) is 5.92 Å². The van der Waals surface area contributed by atoms with E-state index in [2.05, 4.69) is 31.9 Å². The molecule has 0 N–H and O–H groups in total. The number of benzene rings is 1. The quantitative estimate of drug-likeness (QED) is 0.767. The third kappa shape index (κ3) is 3.22. The van der Waals surface area contributed by atoms with E-state index >= 15 is 0 Å². The van der Waals surface area contributed by atoms with Gasteiger partial charge in [-0.05, 0) is 47.0 Å². The van der Waals surface area contributed by atoms with Crippen LogP contribution in [0.3, 0.4) is 0 Å². The van der Waals surface area contributed by atoms with Gasteiger partial charge in [0, 0.05) is 10.4 Å². The molecule has 0 spiro atoms. The average Bonchev–Trinajstić information content (AvgIpc) is 3.11. The smallest absolute Gasteiger partial charge is 0.347 e. The van der Waals surface area contributed by atoms with Crippen molar-refractivity contribution in [1.82, 2.24) is 0 Å². The van der Waals surface area contributed by atoms with Crippen LogP contribution in [0.25, 0.3) is 0 Å². The molecule has 0 radical (unpaired) electrons. The van der Waals surface area contributed by atoms with Crippen molar-refractivity contribution in [2.45, 2.75) is 18.9 Å². The number of ether oxygens (including phenoxy) is 2. The second-order valence-electron chi connectivity index (χ2n) is 3.97. The minimum Gasteiger partial charge on any atom is -0.477 e. The molecule has 1 unspecified atom stereocenters. The molecular formula is C12H12Br2O3. The summed E-state index contributed by atoms with van der Waals surface area (Å²) >= 11 is 6.78. The first-order chi connectivity index (χ1) is 8.11. The maximum atomic E-state index is 11.6. The lowest BCUT2D eigenvalue weighted by Gasteiger charge is -2.17. The molecule has 0 heterocycles. The first-order valence-corrected chi connectivity index (χ1v) is 6.90. The topological polar surface area (TPSA) is 35.5 Å². The van der Waals surface area contributed by atoms with Gasteiger partial charge < -0.3 is 9.47 Å². The van der Waals surface area contributed by atoms with Gasteiger partial charge in [-0.1, -0.05) is 15.9 Å². The molecule has 1 atom stereocenters. The van der Waals surface area contributed by atoms with Gasteiger partial charge in [0.25, 0.3) is 0 Å². The van der Waals surface area contributed by atoms with E-state index in [0.29, 0.717) is 5.75 Å². The van der Waals surface area contributed by atoms with E-state index in [1.807, 2.05) is 18.2 Å². The van der Waals surface area contributed by atoms with Crippen molar-refractivity contribution >= 4 is 37.8 Å². The molecule has 1 aliphatic rings. The summed E-state index contributed by atoms with van der Waals surface area (Å²) in [5.74, 6) is 0.649. The highest BCUT2D eigenvalue weighted by Crippen LogP contribution is 2.37. The summed E-state index contributed by atoms with van der Waals surface area (Å²) in [7, 11) is 1.39. The molecule has 17 heavy (non-hydrogen) atoms. The molecule has 1 aromatic carbocycles. The van der Waals surface area contributed by atoms with E-state index in [-0.39, 0.29) is 11.9 Å². The fraction of sp³-hybridized carbons (Fsp3) is 0.417. The molecule has 2 rings (SSSR count). The zero-order valence-electron chi connectivity index (χ0n) is 9.28. The normalized spacial score (nSPS) is 16.4. The molecule has 0 saturated heterocycles. The van der Waals surface area contributed by atoms with Gasteiger partial charge in [0.05, 0.1) is 11.6 Å². The Balaban J connectivity index is 2.14. The monoisotopic (exact) mass is 362 g/mol. The maximum Gasteiger partial charge on any atom is 0.347 e. The Kier molecular flexibility index (Phi) is 4.09. The fourth-order valence-corrected chi connectivity index (χ4v) is 2.70. The lowest BCUT2D eigenvalue weighted by atomic mass is 10.2. The number of hydrogen-bond acceptors (Lipinski definition) is 3. The van der Waals surface area contributed by atoms with Crippen molar-refractivity contribution < 1.29 is 14.3 Å². The third-order valence-corrected chi connectivity index (χ3v) is 3.74. The van der Waals surface area contributed by atoms with Gasteiger partial charge in [0.1, 0.15) is 5.75 Å². The highest BCUT2D eigenvalue weighted by atomic mass is 79.9. The molecule has 0 aromatic heterocycles. The van der Waals surface area contributed by atoms with Crippen LogP contribution in [0.1, 0.15) is 12.8 Å².